The average Bonchev–Trinajstić information content (AvgIpc) is 2.83. The third-order valence-electron chi connectivity index (χ3n) is 3.61. The maximum absolute atomic E-state index is 11.2. The van der Waals surface area contributed by atoms with E-state index in [2.05, 4.69) is 6.07 Å². The minimum atomic E-state index is 0.595. The van der Waals surface area contributed by atoms with Crippen molar-refractivity contribution in [3.05, 3.63) is 34.9 Å². The SMILES string of the molecule is COc1ccc2c3c(cc(C=O)c(OC)c13)CC2. The highest BCUT2D eigenvalue weighted by atomic mass is 16.5. The molecular weight excluding hydrogens is 228 g/mol. The topological polar surface area (TPSA) is 35.5 Å². The number of rotatable bonds is 3. The Kier molecular flexibility index (Phi) is 2.47. The lowest BCUT2D eigenvalue weighted by molar-refractivity contribution is 0.112. The molecule has 0 radical (unpaired) electrons. The standard InChI is InChI=1S/C15H14O3/c1-17-12-6-5-9-3-4-10-7-11(8-16)15(18-2)14(12)13(9)10/h5-8H,3-4H2,1-2H3. The van der Waals surface area contributed by atoms with E-state index in [1.165, 1.54) is 16.5 Å². The molecule has 3 rings (SSSR count). The minimum Gasteiger partial charge on any atom is -0.496 e. The molecule has 0 unspecified atom stereocenters. The van der Waals surface area contributed by atoms with Crippen LogP contribution in [0.4, 0.5) is 0 Å². The fourth-order valence-corrected chi connectivity index (χ4v) is 2.84. The van der Waals surface area contributed by atoms with Crippen molar-refractivity contribution in [1.82, 2.24) is 0 Å². The van der Waals surface area contributed by atoms with E-state index in [1.54, 1.807) is 14.2 Å². The molecule has 0 aliphatic heterocycles. The van der Waals surface area contributed by atoms with E-state index < -0.39 is 0 Å². The second-order valence-corrected chi connectivity index (χ2v) is 4.45. The zero-order valence-electron chi connectivity index (χ0n) is 10.4. The second-order valence-electron chi connectivity index (χ2n) is 4.45. The van der Waals surface area contributed by atoms with Gasteiger partial charge in [0.1, 0.15) is 11.5 Å². The molecule has 3 nitrogen and oxygen atoms in total. The first-order valence-electron chi connectivity index (χ1n) is 5.94. The molecular formula is C15H14O3. The second kappa shape index (κ2) is 4.02. The van der Waals surface area contributed by atoms with Gasteiger partial charge in [-0.3, -0.25) is 4.79 Å². The van der Waals surface area contributed by atoms with Gasteiger partial charge in [0, 0.05) is 0 Å². The van der Waals surface area contributed by atoms with Crippen molar-refractivity contribution in [2.75, 3.05) is 14.2 Å². The maximum Gasteiger partial charge on any atom is 0.153 e. The van der Waals surface area contributed by atoms with Gasteiger partial charge in [0.2, 0.25) is 0 Å². The molecule has 3 heteroatoms. The highest BCUT2D eigenvalue weighted by Crippen LogP contribution is 2.43. The predicted octanol–water partition coefficient (Wildman–Crippen LogP) is 2.77. The number of aldehydes is 1. The van der Waals surface area contributed by atoms with E-state index in [0.29, 0.717) is 11.3 Å². The van der Waals surface area contributed by atoms with Gasteiger partial charge in [-0.15, -0.1) is 0 Å². The molecule has 0 aromatic heterocycles. The van der Waals surface area contributed by atoms with Gasteiger partial charge in [-0.1, -0.05) is 6.07 Å². The zero-order valence-corrected chi connectivity index (χ0v) is 10.4. The molecule has 0 spiro atoms. The van der Waals surface area contributed by atoms with Crippen LogP contribution in [0, 0.1) is 0 Å². The Hall–Kier alpha value is -2.03. The molecule has 0 atom stereocenters. The van der Waals surface area contributed by atoms with Crippen LogP contribution in [0.3, 0.4) is 0 Å². The normalized spacial score (nSPS) is 12.8. The molecule has 0 heterocycles. The van der Waals surface area contributed by atoms with Crippen molar-refractivity contribution in [2.24, 2.45) is 0 Å². The summed E-state index contributed by atoms with van der Waals surface area (Å²) in [5, 5.41) is 2.12. The summed E-state index contributed by atoms with van der Waals surface area (Å²) in [6, 6.07) is 5.98. The molecule has 0 N–H and O–H groups in total. The van der Waals surface area contributed by atoms with Crippen molar-refractivity contribution >= 4 is 17.1 Å². The fraction of sp³-hybridized carbons (Fsp3) is 0.267. The number of ether oxygens (including phenoxy) is 2. The van der Waals surface area contributed by atoms with E-state index in [9.17, 15) is 4.79 Å². The molecule has 2 aromatic carbocycles. The third-order valence-corrected chi connectivity index (χ3v) is 3.61. The summed E-state index contributed by atoms with van der Waals surface area (Å²) in [6.45, 7) is 0. The molecule has 92 valence electrons. The van der Waals surface area contributed by atoms with Gasteiger partial charge < -0.3 is 9.47 Å². The van der Waals surface area contributed by atoms with Crippen LogP contribution in [0.15, 0.2) is 18.2 Å². The number of carbonyl (C=O) groups is 1. The van der Waals surface area contributed by atoms with E-state index >= 15 is 0 Å². The van der Waals surface area contributed by atoms with Gasteiger partial charge in [0.25, 0.3) is 0 Å². The van der Waals surface area contributed by atoms with Crippen LogP contribution in [0.2, 0.25) is 0 Å². The van der Waals surface area contributed by atoms with Crippen molar-refractivity contribution in [3.63, 3.8) is 0 Å². The summed E-state index contributed by atoms with van der Waals surface area (Å²) in [5.41, 5.74) is 3.11. The summed E-state index contributed by atoms with van der Waals surface area (Å²) in [4.78, 5) is 11.2. The Morgan fingerprint density at radius 1 is 1.06 bits per heavy atom. The zero-order chi connectivity index (χ0) is 12.7. The number of benzene rings is 2. The lowest BCUT2D eigenvalue weighted by Crippen LogP contribution is -1.96. The van der Waals surface area contributed by atoms with E-state index in [1.807, 2.05) is 12.1 Å². The summed E-state index contributed by atoms with van der Waals surface area (Å²) < 4.78 is 10.8. The summed E-state index contributed by atoms with van der Waals surface area (Å²) in [5.74, 6) is 1.38. The number of aryl methyl sites for hydroxylation is 2. The fourth-order valence-electron chi connectivity index (χ4n) is 2.84. The van der Waals surface area contributed by atoms with E-state index in [4.69, 9.17) is 9.47 Å². The molecule has 0 fully saturated rings. The summed E-state index contributed by atoms with van der Waals surface area (Å²) >= 11 is 0. The molecule has 0 saturated carbocycles. The molecule has 0 amide bonds. The van der Waals surface area contributed by atoms with Gasteiger partial charge >= 0.3 is 0 Å². The smallest absolute Gasteiger partial charge is 0.153 e. The monoisotopic (exact) mass is 242 g/mol. The van der Waals surface area contributed by atoms with E-state index in [-0.39, 0.29) is 0 Å². The Bertz CT molecular complexity index is 644. The van der Waals surface area contributed by atoms with Crippen LogP contribution < -0.4 is 9.47 Å². The van der Waals surface area contributed by atoms with Gasteiger partial charge in [-0.05, 0) is 41.5 Å². The van der Waals surface area contributed by atoms with Crippen molar-refractivity contribution < 1.29 is 14.3 Å². The number of hydrogen-bond acceptors (Lipinski definition) is 3. The molecule has 1 aliphatic rings. The first kappa shape index (κ1) is 11.1. The number of carbonyl (C=O) groups excluding carboxylic acids is 1. The highest BCUT2D eigenvalue weighted by molar-refractivity contribution is 6.04. The van der Waals surface area contributed by atoms with Crippen molar-refractivity contribution in [3.8, 4) is 11.5 Å². The molecule has 0 bridgehead atoms. The first-order chi connectivity index (χ1) is 8.80. The number of methoxy groups -OCH3 is 2. The molecule has 1 aliphatic carbocycles. The Morgan fingerprint density at radius 2 is 1.83 bits per heavy atom. The lowest BCUT2D eigenvalue weighted by Gasteiger charge is -2.13. The first-order valence-corrected chi connectivity index (χ1v) is 5.94. The van der Waals surface area contributed by atoms with Crippen LogP contribution in [-0.4, -0.2) is 20.5 Å². The predicted molar refractivity (Wildman–Crippen MR) is 69.8 cm³/mol. The average molecular weight is 242 g/mol. The maximum atomic E-state index is 11.2. The van der Waals surface area contributed by atoms with Gasteiger partial charge in [-0.25, -0.2) is 0 Å². The minimum absolute atomic E-state index is 0.595. The molecule has 0 saturated heterocycles. The third kappa shape index (κ3) is 1.33. The van der Waals surface area contributed by atoms with Gasteiger partial charge in [-0.2, -0.15) is 0 Å². The summed E-state index contributed by atoms with van der Waals surface area (Å²) in [6.07, 6.45) is 2.84. The largest absolute Gasteiger partial charge is 0.496 e. The summed E-state index contributed by atoms with van der Waals surface area (Å²) in [7, 11) is 3.23. The number of hydrogen-bond donors (Lipinski definition) is 0. The van der Waals surface area contributed by atoms with Gasteiger partial charge in [0.05, 0.1) is 25.2 Å². The van der Waals surface area contributed by atoms with Crippen LogP contribution in [-0.2, 0) is 12.8 Å². The Morgan fingerprint density at radius 3 is 2.50 bits per heavy atom. The van der Waals surface area contributed by atoms with Gasteiger partial charge in [0.15, 0.2) is 6.29 Å². The van der Waals surface area contributed by atoms with Crippen LogP contribution >= 0.6 is 0 Å². The Labute approximate surface area is 105 Å². The van der Waals surface area contributed by atoms with Crippen LogP contribution in [0.5, 0.6) is 11.5 Å². The van der Waals surface area contributed by atoms with E-state index in [0.717, 1.165) is 30.3 Å². The molecule has 2 aromatic rings. The quantitative estimate of drug-likeness (QED) is 0.776. The Balaban J connectivity index is 2.51. The molecule has 18 heavy (non-hydrogen) atoms. The van der Waals surface area contributed by atoms with Crippen LogP contribution in [0.25, 0.3) is 10.8 Å². The van der Waals surface area contributed by atoms with Crippen molar-refractivity contribution in [2.45, 2.75) is 12.8 Å². The highest BCUT2D eigenvalue weighted by Gasteiger charge is 2.22. The van der Waals surface area contributed by atoms with Crippen LogP contribution in [0.1, 0.15) is 21.5 Å². The van der Waals surface area contributed by atoms with Crippen molar-refractivity contribution in [1.29, 1.82) is 0 Å². The lowest BCUT2D eigenvalue weighted by atomic mass is 9.99.